The largest absolute Gasteiger partial charge is 0.297 e. The molecule has 0 saturated carbocycles. The van der Waals surface area contributed by atoms with Crippen LogP contribution < -0.4 is 0 Å². The van der Waals surface area contributed by atoms with Gasteiger partial charge in [-0.25, -0.2) is 0 Å². The number of aryl methyl sites for hydroxylation is 1. The third-order valence-corrected chi connectivity index (χ3v) is 4.43. The minimum atomic E-state index is 0.798. The van der Waals surface area contributed by atoms with E-state index in [2.05, 4.69) is 19.1 Å². The van der Waals surface area contributed by atoms with E-state index in [1.54, 1.807) is 22.7 Å². The van der Waals surface area contributed by atoms with E-state index in [-0.39, 0.29) is 0 Å². The predicted molar refractivity (Wildman–Crippen MR) is 62.4 cm³/mol. The van der Waals surface area contributed by atoms with Gasteiger partial charge in [0.05, 0.1) is 4.88 Å². The summed E-state index contributed by atoms with van der Waals surface area (Å²) in [7, 11) is 0. The van der Waals surface area contributed by atoms with Gasteiger partial charge in [-0.05, 0) is 30.7 Å². The van der Waals surface area contributed by atoms with E-state index in [0.29, 0.717) is 0 Å². The zero-order valence-electron chi connectivity index (χ0n) is 7.82. The lowest BCUT2D eigenvalue weighted by Gasteiger charge is -1.88. The van der Waals surface area contributed by atoms with Crippen molar-refractivity contribution in [2.24, 2.45) is 0 Å². The molecule has 2 rings (SSSR count). The standard InChI is InChI=1S/C11H10OS2/c1-2-8-3-5-10(13-8)11-6-4-9(7-12)14-11/h3-7H,2H2,1H3. The summed E-state index contributed by atoms with van der Waals surface area (Å²) >= 11 is 3.36. The topological polar surface area (TPSA) is 17.1 Å². The van der Waals surface area contributed by atoms with Crippen molar-refractivity contribution < 1.29 is 4.79 Å². The molecule has 0 bridgehead atoms. The SMILES string of the molecule is CCc1ccc(-c2ccc(C=O)s2)s1. The Labute approximate surface area is 91.0 Å². The highest BCUT2D eigenvalue weighted by Gasteiger charge is 2.04. The van der Waals surface area contributed by atoms with Gasteiger partial charge < -0.3 is 0 Å². The molecule has 1 nitrogen and oxygen atoms in total. The monoisotopic (exact) mass is 222 g/mol. The molecule has 0 saturated heterocycles. The van der Waals surface area contributed by atoms with E-state index < -0.39 is 0 Å². The summed E-state index contributed by atoms with van der Waals surface area (Å²) in [5.74, 6) is 0. The molecule has 2 aromatic rings. The van der Waals surface area contributed by atoms with Crippen molar-refractivity contribution in [2.75, 3.05) is 0 Å². The van der Waals surface area contributed by atoms with Crippen molar-refractivity contribution >= 4 is 29.0 Å². The highest BCUT2D eigenvalue weighted by atomic mass is 32.1. The Hall–Kier alpha value is -0.930. The Bertz CT molecular complexity index is 440. The van der Waals surface area contributed by atoms with Gasteiger partial charge in [0.25, 0.3) is 0 Å². The molecule has 0 aliphatic rings. The molecular weight excluding hydrogens is 212 g/mol. The fraction of sp³-hybridized carbons (Fsp3) is 0.182. The van der Waals surface area contributed by atoms with Crippen molar-refractivity contribution in [1.29, 1.82) is 0 Å². The maximum atomic E-state index is 10.5. The fourth-order valence-electron chi connectivity index (χ4n) is 1.25. The molecule has 0 radical (unpaired) electrons. The van der Waals surface area contributed by atoms with Crippen molar-refractivity contribution in [3.63, 3.8) is 0 Å². The van der Waals surface area contributed by atoms with E-state index in [9.17, 15) is 4.79 Å². The van der Waals surface area contributed by atoms with Gasteiger partial charge in [-0.15, -0.1) is 22.7 Å². The zero-order valence-corrected chi connectivity index (χ0v) is 9.45. The second-order valence-corrected chi connectivity index (χ2v) is 5.22. The van der Waals surface area contributed by atoms with E-state index in [4.69, 9.17) is 0 Å². The van der Waals surface area contributed by atoms with E-state index in [1.165, 1.54) is 14.6 Å². The van der Waals surface area contributed by atoms with Crippen molar-refractivity contribution in [3.8, 4) is 9.75 Å². The van der Waals surface area contributed by atoms with Gasteiger partial charge in [0.15, 0.2) is 6.29 Å². The first-order valence-corrected chi connectivity index (χ1v) is 6.11. The maximum Gasteiger partial charge on any atom is 0.160 e. The minimum absolute atomic E-state index is 0.798. The normalized spacial score (nSPS) is 10.4. The number of hydrogen-bond donors (Lipinski definition) is 0. The summed E-state index contributed by atoms with van der Waals surface area (Å²) in [4.78, 5) is 15.2. The average molecular weight is 222 g/mol. The molecule has 2 heterocycles. The Morgan fingerprint density at radius 1 is 1.14 bits per heavy atom. The Balaban J connectivity index is 2.33. The van der Waals surface area contributed by atoms with Crippen LogP contribution in [0.3, 0.4) is 0 Å². The van der Waals surface area contributed by atoms with Crippen LogP contribution in [-0.2, 0) is 6.42 Å². The van der Waals surface area contributed by atoms with E-state index in [1.807, 2.05) is 12.1 Å². The summed E-state index contributed by atoms with van der Waals surface area (Å²) in [5, 5.41) is 0. The summed E-state index contributed by atoms with van der Waals surface area (Å²) in [6.45, 7) is 2.15. The van der Waals surface area contributed by atoms with Gasteiger partial charge in [-0.3, -0.25) is 4.79 Å². The second-order valence-electron chi connectivity index (χ2n) is 2.94. The van der Waals surface area contributed by atoms with Crippen molar-refractivity contribution in [3.05, 3.63) is 34.0 Å². The summed E-state index contributed by atoms with van der Waals surface area (Å²) in [5.41, 5.74) is 0. The van der Waals surface area contributed by atoms with Gasteiger partial charge in [0, 0.05) is 14.6 Å². The Morgan fingerprint density at radius 2 is 1.86 bits per heavy atom. The van der Waals surface area contributed by atoms with Crippen LogP contribution in [0.25, 0.3) is 9.75 Å². The van der Waals surface area contributed by atoms with Crippen LogP contribution in [0, 0.1) is 0 Å². The number of carbonyl (C=O) groups excluding carboxylic acids is 1. The molecule has 0 fully saturated rings. The molecule has 3 heteroatoms. The molecule has 2 aromatic heterocycles. The summed E-state index contributed by atoms with van der Waals surface area (Å²) in [6.07, 6.45) is 1.99. The molecule has 72 valence electrons. The van der Waals surface area contributed by atoms with Gasteiger partial charge in [-0.2, -0.15) is 0 Å². The van der Waals surface area contributed by atoms with Gasteiger partial charge in [-0.1, -0.05) is 6.92 Å². The molecule has 14 heavy (non-hydrogen) atoms. The molecule has 0 atom stereocenters. The maximum absolute atomic E-state index is 10.5. The molecule has 0 unspecified atom stereocenters. The number of rotatable bonds is 3. The van der Waals surface area contributed by atoms with Crippen molar-refractivity contribution in [2.45, 2.75) is 13.3 Å². The fourth-order valence-corrected chi connectivity index (χ4v) is 3.11. The third kappa shape index (κ3) is 1.79. The Morgan fingerprint density at radius 3 is 2.43 bits per heavy atom. The van der Waals surface area contributed by atoms with Gasteiger partial charge >= 0.3 is 0 Å². The molecule has 0 aliphatic heterocycles. The first kappa shape index (κ1) is 9.62. The summed E-state index contributed by atoms with van der Waals surface area (Å²) < 4.78 is 0. The average Bonchev–Trinajstić information content (AvgIpc) is 2.86. The second kappa shape index (κ2) is 4.07. The van der Waals surface area contributed by atoms with Gasteiger partial charge in [0.2, 0.25) is 0 Å². The highest BCUT2D eigenvalue weighted by Crippen LogP contribution is 2.33. The molecular formula is C11H10OS2. The lowest BCUT2D eigenvalue weighted by Crippen LogP contribution is -1.64. The molecule has 0 N–H and O–H groups in total. The molecule has 0 spiro atoms. The van der Waals surface area contributed by atoms with Crippen LogP contribution in [0.2, 0.25) is 0 Å². The molecule has 0 aliphatic carbocycles. The lowest BCUT2D eigenvalue weighted by molar-refractivity contribution is 0.112. The Kier molecular flexibility index (Phi) is 2.79. The first-order valence-electron chi connectivity index (χ1n) is 4.47. The first-order chi connectivity index (χ1) is 6.83. The van der Waals surface area contributed by atoms with Crippen molar-refractivity contribution in [1.82, 2.24) is 0 Å². The highest BCUT2D eigenvalue weighted by molar-refractivity contribution is 7.22. The number of thiophene rings is 2. The lowest BCUT2D eigenvalue weighted by atomic mass is 10.3. The minimum Gasteiger partial charge on any atom is -0.297 e. The van der Waals surface area contributed by atoms with E-state index >= 15 is 0 Å². The van der Waals surface area contributed by atoms with Crippen LogP contribution in [0.1, 0.15) is 21.5 Å². The smallest absolute Gasteiger partial charge is 0.160 e. The number of aldehydes is 1. The summed E-state index contributed by atoms with van der Waals surface area (Å²) in [6, 6.07) is 8.17. The number of hydrogen-bond acceptors (Lipinski definition) is 3. The zero-order chi connectivity index (χ0) is 9.97. The van der Waals surface area contributed by atoms with Crippen LogP contribution in [0.5, 0.6) is 0 Å². The number of carbonyl (C=O) groups is 1. The predicted octanol–water partition coefficient (Wildman–Crippen LogP) is 3.85. The molecule has 0 aromatic carbocycles. The van der Waals surface area contributed by atoms with Crippen LogP contribution in [0.15, 0.2) is 24.3 Å². The van der Waals surface area contributed by atoms with Crippen LogP contribution in [0.4, 0.5) is 0 Å². The third-order valence-electron chi connectivity index (χ3n) is 2.00. The van der Waals surface area contributed by atoms with Crippen LogP contribution in [-0.4, -0.2) is 6.29 Å². The quantitative estimate of drug-likeness (QED) is 0.721. The molecule has 0 amide bonds. The van der Waals surface area contributed by atoms with Crippen LogP contribution >= 0.6 is 22.7 Å². The van der Waals surface area contributed by atoms with E-state index in [0.717, 1.165) is 17.6 Å². The van der Waals surface area contributed by atoms with Gasteiger partial charge in [0.1, 0.15) is 0 Å².